The van der Waals surface area contributed by atoms with E-state index in [1.54, 1.807) is 47.2 Å². The Morgan fingerprint density at radius 1 is 1.27 bits per heavy atom. The lowest BCUT2D eigenvalue weighted by molar-refractivity contribution is -0.384. The van der Waals surface area contributed by atoms with E-state index in [0.717, 1.165) is 12.6 Å². The largest absolute Gasteiger partial charge is 0.481 e. The third-order valence-electron chi connectivity index (χ3n) is 2.71. The number of aliphatic carboxylic acids is 1. The molecule has 0 amide bonds. The molecular formula is C16H18N6O4. The molecule has 2 aromatic rings. The molecule has 0 bridgehead atoms. The lowest BCUT2D eigenvalue weighted by Crippen LogP contribution is -2.21. The number of nitrogens with two attached hydrogens (primary N) is 2. The molecule has 0 atom stereocenters. The van der Waals surface area contributed by atoms with Crippen molar-refractivity contribution in [2.24, 2.45) is 21.7 Å². The highest BCUT2D eigenvalue weighted by Crippen LogP contribution is 2.24. The zero-order valence-electron chi connectivity index (χ0n) is 13.9. The van der Waals surface area contributed by atoms with Crippen LogP contribution in [-0.4, -0.2) is 32.7 Å². The summed E-state index contributed by atoms with van der Waals surface area (Å²) in [5, 5.41) is 25.6. The first-order chi connectivity index (χ1) is 12.3. The summed E-state index contributed by atoms with van der Waals surface area (Å²) < 4.78 is 1.71. The summed E-state index contributed by atoms with van der Waals surface area (Å²) in [4.78, 5) is 19.7. The van der Waals surface area contributed by atoms with Crippen LogP contribution in [0, 0.1) is 10.1 Å². The lowest BCUT2D eigenvalue weighted by Gasteiger charge is -2.06. The van der Waals surface area contributed by atoms with Crippen molar-refractivity contribution < 1.29 is 14.8 Å². The van der Waals surface area contributed by atoms with Gasteiger partial charge in [0, 0.05) is 31.1 Å². The predicted octanol–water partition coefficient (Wildman–Crippen LogP) is 1.75. The maximum absolute atomic E-state index is 11.1. The van der Waals surface area contributed by atoms with Gasteiger partial charge < -0.3 is 21.1 Å². The van der Waals surface area contributed by atoms with E-state index in [9.17, 15) is 10.1 Å². The highest BCUT2D eigenvalue weighted by atomic mass is 16.6. The second-order valence-electron chi connectivity index (χ2n) is 4.72. The Bertz CT molecular complexity index is 846. The Hall–Kier alpha value is -3.95. The standard InChI is InChI=1S/C14H14N6O2.C2H4O2/c15-14(16)18-17-9-3-5-11-6-4-10-19(11)12-7-1-2-8-13(12)20(21)22;1-2(3)4/h1-10H,(H4,15,16,18);1H3,(H,3,4). The van der Waals surface area contributed by atoms with Crippen LogP contribution in [-0.2, 0) is 4.79 Å². The van der Waals surface area contributed by atoms with Crippen molar-refractivity contribution in [1.29, 1.82) is 0 Å². The summed E-state index contributed by atoms with van der Waals surface area (Å²) >= 11 is 0. The van der Waals surface area contributed by atoms with E-state index in [2.05, 4.69) is 10.2 Å². The van der Waals surface area contributed by atoms with Crippen LogP contribution in [0.15, 0.2) is 58.9 Å². The number of carboxylic acids is 1. The lowest BCUT2D eigenvalue weighted by atomic mass is 10.2. The molecule has 0 saturated heterocycles. The van der Waals surface area contributed by atoms with E-state index in [0.29, 0.717) is 5.69 Å². The fraction of sp³-hybridized carbons (Fsp3) is 0.0625. The van der Waals surface area contributed by atoms with Gasteiger partial charge in [0.2, 0.25) is 5.96 Å². The number of rotatable bonds is 5. The summed E-state index contributed by atoms with van der Waals surface area (Å²) in [6.07, 6.45) is 6.53. The van der Waals surface area contributed by atoms with Gasteiger partial charge in [0.15, 0.2) is 0 Å². The van der Waals surface area contributed by atoms with Gasteiger partial charge in [-0.3, -0.25) is 14.9 Å². The third-order valence-corrected chi connectivity index (χ3v) is 2.71. The minimum Gasteiger partial charge on any atom is -0.481 e. The molecule has 0 aliphatic heterocycles. The van der Waals surface area contributed by atoms with E-state index in [1.807, 2.05) is 6.07 Å². The Balaban J connectivity index is 0.000000765. The minimum atomic E-state index is -0.833. The van der Waals surface area contributed by atoms with Gasteiger partial charge in [-0.2, -0.15) is 5.10 Å². The molecule has 5 N–H and O–H groups in total. The van der Waals surface area contributed by atoms with E-state index in [-0.39, 0.29) is 11.6 Å². The molecule has 0 saturated carbocycles. The Morgan fingerprint density at radius 3 is 2.54 bits per heavy atom. The summed E-state index contributed by atoms with van der Waals surface area (Å²) in [5.41, 5.74) is 11.5. The maximum Gasteiger partial charge on any atom is 0.300 e. The molecule has 10 nitrogen and oxygen atoms in total. The summed E-state index contributed by atoms with van der Waals surface area (Å²) in [6.45, 7) is 1.08. The van der Waals surface area contributed by atoms with E-state index >= 15 is 0 Å². The van der Waals surface area contributed by atoms with Crippen molar-refractivity contribution in [3.8, 4) is 5.69 Å². The number of carbonyl (C=O) groups is 1. The molecule has 1 heterocycles. The highest BCUT2D eigenvalue weighted by Gasteiger charge is 2.14. The first-order valence-corrected chi connectivity index (χ1v) is 7.22. The van der Waals surface area contributed by atoms with Crippen LogP contribution in [0.2, 0.25) is 0 Å². The van der Waals surface area contributed by atoms with E-state index < -0.39 is 10.9 Å². The quantitative estimate of drug-likeness (QED) is 0.319. The second kappa shape index (κ2) is 10.0. The molecule has 0 aliphatic carbocycles. The number of nitro groups is 1. The molecule has 0 fully saturated rings. The SMILES string of the molecule is CC(=O)O.NC(N)=NN=CC=Cc1cccn1-c1ccccc1[N+](=O)[O-]. The van der Waals surface area contributed by atoms with Crippen LogP contribution >= 0.6 is 0 Å². The Morgan fingerprint density at radius 2 is 1.92 bits per heavy atom. The topological polar surface area (TPSA) is 162 Å². The number of benzene rings is 1. The predicted molar refractivity (Wildman–Crippen MR) is 99.1 cm³/mol. The minimum absolute atomic E-state index is 0.0301. The van der Waals surface area contributed by atoms with Gasteiger partial charge >= 0.3 is 0 Å². The van der Waals surface area contributed by atoms with Crippen LogP contribution in [0.5, 0.6) is 0 Å². The van der Waals surface area contributed by atoms with E-state index in [1.165, 1.54) is 12.3 Å². The van der Waals surface area contributed by atoms with Crippen molar-refractivity contribution >= 4 is 29.9 Å². The summed E-state index contributed by atoms with van der Waals surface area (Å²) in [7, 11) is 0. The molecule has 0 spiro atoms. The maximum atomic E-state index is 11.1. The first-order valence-electron chi connectivity index (χ1n) is 7.22. The van der Waals surface area contributed by atoms with Crippen LogP contribution in [0.3, 0.4) is 0 Å². The monoisotopic (exact) mass is 358 g/mol. The van der Waals surface area contributed by atoms with Crippen molar-refractivity contribution in [2.75, 3.05) is 0 Å². The van der Waals surface area contributed by atoms with Gasteiger partial charge in [-0.25, -0.2) is 0 Å². The number of nitro benzene ring substituents is 1. The molecule has 0 aliphatic rings. The molecule has 2 rings (SSSR count). The zero-order chi connectivity index (χ0) is 19.5. The van der Waals surface area contributed by atoms with Crippen molar-refractivity contribution in [2.45, 2.75) is 6.92 Å². The van der Waals surface area contributed by atoms with Crippen molar-refractivity contribution in [1.82, 2.24) is 4.57 Å². The van der Waals surface area contributed by atoms with Gasteiger partial charge in [-0.15, -0.1) is 5.10 Å². The van der Waals surface area contributed by atoms with Crippen LogP contribution in [0.4, 0.5) is 5.69 Å². The Kier molecular flexibility index (Phi) is 7.75. The first kappa shape index (κ1) is 20.1. The van der Waals surface area contributed by atoms with Crippen molar-refractivity contribution in [3.63, 3.8) is 0 Å². The van der Waals surface area contributed by atoms with Gasteiger partial charge in [0.05, 0.1) is 4.92 Å². The average Bonchev–Trinajstić information content (AvgIpc) is 3.02. The van der Waals surface area contributed by atoms with E-state index in [4.69, 9.17) is 21.4 Å². The van der Waals surface area contributed by atoms with Gasteiger partial charge in [-0.1, -0.05) is 12.1 Å². The fourth-order valence-electron chi connectivity index (χ4n) is 1.85. The number of allylic oxidation sites excluding steroid dienone is 1. The second-order valence-corrected chi connectivity index (χ2v) is 4.72. The molecular weight excluding hydrogens is 340 g/mol. The number of guanidine groups is 1. The van der Waals surface area contributed by atoms with Gasteiger partial charge in [0.1, 0.15) is 5.69 Å². The summed E-state index contributed by atoms with van der Waals surface area (Å²) in [6, 6.07) is 10.1. The summed E-state index contributed by atoms with van der Waals surface area (Å²) in [5.74, 6) is -0.965. The molecule has 0 unspecified atom stereocenters. The number of hydrogen-bond donors (Lipinski definition) is 3. The number of carboxylic acid groups (broad SMARTS) is 1. The fourth-order valence-corrected chi connectivity index (χ4v) is 1.85. The number of para-hydroxylation sites is 2. The molecule has 136 valence electrons. The Labute approximate surface area is 148 Å². The molecule has 10 heteroatoms. The zero-order valence-corrected chi connectivity index (χ0v) is 13.9. The number of aromatic nitrogens is 1. The third kappa shape index (κ3) is 6.66. The molecule has 1 aromatic carbocycles. The molecule has 26 heavy (non-hydrogen) atoms. The van der Waals surface area contributed by atoms with Gasteiger partial charge in [0.25, 0.3) is 11.7 Å². The molecule has 0 radical (unpaired) electrons. The average molecular weight is 358 g/mol. The molecule has 1 aromatic heterocycles. The number of nitrogens with zero attached hydrogens (tertiary/aromatic N) is 4. The highest BCUT2D eigenvalue weighted by molar-refractivity contribution is 5.80. The number of hydrogen-bond acceptors (Lipinski definition) is 5. The van der Waals surface area contributed by atoms with Crippen LogP contribution in [0.1, 0.15) is 12.6 Å². The van der Waals surface area contributed by atoms with Crippen molar-refractivity contribution in [3.05, 3.63) is 64.5 Å². The normalized spacial score (nSPS) is 10.3. The van der Waals surface area contributed by atoms with Crippen LogP contribution < -0.4 is 11.5 Å². The van der Waals surface area contributed by atoms with Crippen LogP contribution in [0.25, 0.3) is 11.8 Å². The van der Waals surface area contributed by atoms with Gasteiger partial charge in [-0.05, 0) is 30.4 Å². The smallest absolute Gasteiger partial charge is 0.300 e.